The predicted molar refractivity (Wildman–Crippen MR) is 77.1 cm³/mol. The summed E-state index contributed by atoms with van der Waals surface area (Å²) in [6.45, 7) is 4.43. The maximum atomic E-state index is 12.1. The van der Waals surface area contributed by atoms with Gasteiger partial charge in [0.25, 0.3) is 5.56 Å². The largest absolute Gasteiger partial charge is 0.377 e. The summed E-state index contributed by atoms with van der Waals surface area (Å²) in [5, 5.41) is 11.4. The molecule has 102 valence electrons. The summed E-state index contributed by atoms with van der Waals surface area (Å²) in [5.74, 6) is 0. The lowest BCUT2D eigenvalue weighted by Crippen LogP contribution is -2.26. The quantitative estimate of drug-likeness (QED) is 0.932. The average Bonchev–Trinajstić information content (AvgIpc) is 2.76. The van der Waals surface area contributed by atoms with Crippen LogP contribution in [-0.2, 0) is 13.6 Å². The number of rotatable bonds is 4. The van der Waals surface area contributed by atoms with E-state index in [1.165, 1.54) is 4.68 Å². The van der Waals surface area contributed by atoms with Crippen LogP contribution in [0.4, 0.5) is 5.69 Å². The van der Waals surface area contributed by atoms with Crippen molar-refractivity contribution in [2.45, 2.75) is 26.4 Å². The Hall–Kier alpha value is -1.63. The Labute approximate surface area is 119 Å². The first-order valence-electron chi connectivity index (χ1n) is 5.98. The Morgan fingerprint density at radius 2 is 2.16 bits per heavy atom. The monoisotopic (exact) mass is 325 g/mol. The molecule has 1 N–H and O–H groups in total. The summed E-state index contributed by atoms with van der Waals surface area (Å²) in [4.78, 5) is 12.1. The number of nitrogens with one attached hydrogen (secondary N) is 1. The second kappa shape index (κ2) is 5.56. The Morgan fingerprint density at radius 1 is 1.42 bits per heavy atom. The molecule has 0 aliphatic rings. The van der Waals surface area contributed by atoms with Gasteiger partial charge in [-0.3, -0.25) is 9.48 Å². The summed E-state index contributed by atoms with van der Waals surface area (Å²) in [7, 11) is 1.88. The molecule has 2 aromatic heterocycles. The fraction of sp³-hybridized carbons (Fsp3) is 0.417. The Bertz CT molecular complexity index is 631. The summed E-state index contributed by atoms with van der Waals surface area (Å²) in [6.07, 6.45) is 3.39. The molecule has 6 nitrogen and oxygen atoms in total. The maximum Gasteiger partial charge on any atom is 0.283 e. The topological polar surface area (TPSA) is 64.7 Å². The zero-order valence-electron chi connectivity index (χ0n) is 11.1. The molecule has 19 heavy (non-hydrogen) atoms. The van der Waals surface area contributed by atoms with Gasteiger partial charge in [-0.2, -0.15) is 10.2 Å². The molecule has 2 heterocycles. The van der Waals surface area contributed by atoms with Crippen LogP contribution in [0.3, 0.4) is 0 Å². The molecule has 0 unspecified atom stereocenters. The standard InChI is InChI=1S/C12H16BrN5O/c1-8(2)18-12(19)11(13)10(7-16-18)14-6-9-4-5-15-17(9)3/h4-5,7-8,14H,6H2,1-3H3. The number of anilines is 1. The zero-order chi connectivity index (χ0) is 14.0. The zero-order valence-corrected chi connectivity index (χ0v) is 12.7. The highest BCUT2D eigenvalue weighted by molar-refractivity contribution is 9.10. The number of halogens is 1. The number of aryl methyl sites for hydroxylation is 1. The van der Waals surface area contributed by atoms with Gasteiger partial charge >= 0.3 is 0 Å². The molecular weight excluding hydrogens is 310 g/mol. The molecule has 0 atom stereocenters. The summed E-state index contributed by atoms with van der Waals surface area (Å²) >= 11 is 3.32. The highest BCUT2D eigenvalue weighted by atomic mass is 79.9. The number of aromatic nitrogens is 4. The minimum Gasteiger partial charge on any atom is -0.377 e. The van der Waals surface area contributed by atoms with Gasteiger partial charge in [0.2, 0.25) is 0 Å². The van der Waals surface area contributed by atoms with Gasteiger partial charge in [0.15, 0.2) is 0 Å². The van der Waals surface area contributed by atoms with Gasteiger partial charge in [-0.25, -0.2) is 4.68 Å². The van der Waals surface area contributed by atoms with Crippen molar-refractivity contribution in [2.75, 3.05) is 5.32 Å². The van der Waals surface area contributed by atoms with Crippen molar-refractivity contribution in [3.05, 3.63) is 39.0 Å². The van der Waals surface area contributed by atoms with E-state index < -0.39 is 0 Å². The van der Waals surface area contributed by atoms with E-state index in [2.05, 4.69) is 31.4 Å². The van der Waals surface area contributed by atoms with E-state index in [1.807, 2.05) is 27.0 Å². The molecule has 0 aliphatic carbocycles. The van der Waals surface area contributed by atoms with Gasteiger partial charge in [0.05, 0.1) is 30.2 Å². The van der Waals surface area contributed by atoms with Crippen LogP contribution < -0.4 is 10.9 Å². The van der Waals surface area contributed by atoms with Crippen LogP contribution in [0.1, 0.15) is 25.6 Å². The normalized spacial score (nSPS) is 11.0. The minimum absolute atomic E-state index is 0.0370. The van der Waals surface area contributed by atoms with Gasteiger partial charge in [-0.15, -0.1) is 0 Å². The van der Waals surface area contributed by atoms with E-state index in [4.69, 9.17) is 0 Å². The second-order valence-electron chi connectivity index (χ2n) is 4.52. The highest BCUT2D eigenvalue weighted by Crippen LogP contribution is 2.17. The summed E-state index contributed by atoms with van der Waals surface area (Å²) in [6, 6.07) is 1.96. The molecule has 0 saturated heterocycles. The second-order valence-corrected chi connectivity index (χ2v) is 5.31. The van der Waals surface area contributed by atoms with Crippen LogP contribution in [0.5, 0.6) is 0 Å². The molecule has 7 heteroatoms. The summed E-state index contributed by atoms with van der Waals surface area (Å²) in [5.41, 5.74) is 1.58. The first-order valence-corrected chi connectivity index (χ1v) is 6.78. The highest BCUT2D eigenvalue weighted by Gasteiger charge is 2.10. The van der Waals surface area contributed by atoms with Crippen molar-refractivity contribution in [1.82, 2.24) is 19.6 Å². The van der Waals surface area contributed by atoms with E-state index in [0.29, 0.717) is 16.7 Å². The van der Waals surface area contributed by atoms with Gasteiger partial charge in [-0.1, -0.05) is 0 Å². The first-order chi connectivity index (χ1) is 9.00. The molecule has 0 amide bonds. The lowest BCUT2D eigenvalue weighted by atomic mass is 10.3. The van der Waals surface area contributed by atoms with Crippen LogP contribution in [0.15, 0.2) is 27.7 Å². The van der Waals surface area contributed by atoms with Crippen LogP contribution in [0, 0.1) is 0 Å². The molecule has 2 rings (SSSR count). The number of hydrogen-bond donors (Lipinski definition) is 1. The Morgan fingerprint density at radius 3 is 2.74 bits per heavy atom. The third-order valence-electron chi connectivity index (χ3n) is 2.82. The molecule has 0 aliphatic heterocycles. The van der Waals surface area contributed by atoms with E-state index in [9.17, 15) is 4.79 Å². The number of nitrogens with zero attached hydrogens (tertiary/aromatic N) is 4. The fourth-order valence-corrected chi connectivity index (χ4v) is 2.12. The number of hydrogen-bond acceptors (Lipinski definition) is 4. The van der Waals surface area contributed by atoms with Crippen molar-refractivity contribution in [3.8, 4) is 0 Å². The van der Waals surface area contributed by atoms with Crippen LogP contribution in [0.25, 0.3) is 0 Å². The van der Waals surface area contributed by atoms with Crippen molar-refractivity contribution in [1.29, 1.82) is 0 Å². The molecule has 0 aromatic carbocycles. The lowest BCUT2D eigenvalue weighted by Gasteiger charge is -2.12. The molecule has 0 saturated carbocycles. The Balaban J connectivity index is 2.20. The fourth-order valence-electron chi connectivity index (χ4n) is 1.70. The maximum absolute atomic E-state index is 12.1. The van der Waals surface area contributed by atoms with Gasteiger partial charge in [0.1, 0.15) is 4.47 Å². The van der Waals surface area contributed by atoms with Crippen molar-refractivity contribution < 1.29 is 0 Å². The van der Waals surface area contributed by atoms with Gasteiger partial charge in [-0.05, 0) is 35.8 Å². The van der Waals surface area contributed by atoms with E-state index in [-0.39, 0.29) is 11.6 Å². The molecule has 0 radical (unpaired) electrons. The van der Waals surface area contributed by atoms with E-state index >= 15 is 0 Å². The van der Waals surface area contributed by atoms with Crippen LogP contribution in [-0.4, -0.2) is 19.6 Å². The smallest absolute Gasteiger partial charge is 0.283 e. The third kappa shape index (κ3) is 2.86. The van der Waals surface area contributed by atoms with Gasteiger partial charge in [0, 0.05) is 13.2 Å². The molecule has 0 fully saturated rings. The molecule has 0 bridgehead atoms. The molecular formula is C12H16BrN5O. The molecule has 2 aromatic rings. The average molecular weight is 326 g/mol. The van der Waals surface area contributed by atoms with Crippen molar-refractivity contribution in [3.63, 3.8) is 0 Å². The predicted octanol–water partition coefficient (Wildman–Crippen LogP) is 1.93. The van der Waals surface area contributed by atoms with Crippen LogP contribution in [0.2, 0.25) is 0 Å². The van der Waals surface area contributed by atoms with Crippen molar-refractivity contribution >= 4 is 21.6 Å². The molecule has 0 spiro atoms. The SMILES string of the molecule is CC(C)n1ncc(NCc2ccnn2C)c(Br)c1=O. The van der Waals surface area contributed by atoms with Crippen molar-refractivity contribution in [2.24, 2.45) is 7.05 Å². The van der Waals surface area contributed by atoms with E-state index in [0.717, 1.165) is 5.69 Å². The van der Waals surface area contributed by atoms with Crippen LogP contribution >= 0.6 is 15.9 Å². The minimum atomic E-state index is -0.134. The van der Waals surface area contributed by atoms with Gasteiger partial charge < -0.3 is 5.32 Å². The first kappa shape index (κ1) is 13.8. The lowest BCUT2D eigenvalue weighted by molar-refractivity contribution is 0.501. The van der Waals surface area contributed by atoms with E-state index in [1.54, 1.807) is 17.1 Å². The Kier molecular flexibility index (Phi) is 4.04. The summed E-state index contributed by atoms with van der Waals surface area (Å²) < 4.78 is 3.72. The third-order valence-corrected chi connectivity index (χ3v) is 3.58.